The van der Waals surface area contributed by atoms with E-state index in [9.17, 15) is 9.90 Å². The molecule has 0 aromatic rings. The minimum absolute atomic E-state index is 0.273. The average molecular weight is 215 g/mol. The third-order valence-corrected chi connectivity index (χ3v) is 2.08. The molecule has 0 heterocycles. The van der Waals surface area contributed by atoms with Gasteiger partial charge in [0.05, 0.1) is 6.10 Å². The normalized spacial score (nSPS) is 18.5. The van der Waals surface area contributed by atoms with Gasteiger partial charge in [-0.3, -0.25) is 0 Å². The van der Waals surface area contributed by atoms with Crippen molar-refractivity contribution < 1.29 is 14.6 Å². The van der Waals surface area contributed by atoms with Crippen molar-refractivity contribution in [3.8, 4) is 0 Å². The van der Waals surface area contributed by atoms with Gasteiger partial charge < -0.3 is 14.7 Å². The van der Waals surface area contributed by atoms with E-state index in [0.717, 1.165) is 12.8 Å². The number of aliphatic hydroxyl groups excluding tert-OH is 1. The maximum atomic E-state index is 11.8. The molecule has 88 valence electrons. The highest BCUT2D eigenvalue weighted by molar-refractivity contribution is 5.69. The molecule has 1 atom stereocenters. The van der Waals surface area contributed by atoms with Gasteiger partial charge >= 0.3 is 6.09 Å². The molecule has 1 rings (SSSR count). The van der Waals surface area contributed by atoms with Crippen LogP contribution in [0.2, 0.25) is 0 Å². The minimum atomic E-state index is -0.502. The van der Waals surface area contributed by atoms with Crippen LogP contribution in [0.3, 0.4) is 0 Å². The van der Waals surface area contributed by atoms with E-state index >= 15 is 0 Å². The summed E-state index contributed by atoms with van der Waals surface area (Å²) in [7, 11) is 0. The molecule has 0 bridgehead atoms. The van der Waals surface area contributed by atoms with Gasteiger partial charge in [-0.05, 0) is 40.5 Å². The van der Waals surface area contributed by atoms with Crippen molar-refractivity contribution in [2.45, 2.75) is 58.3 Å². The van der Waals surface area contributed by atoms with Gasteiger partial charge in [-0.25, -0.2) is 4.79 Å². The maximum Gasteiger partial charge on any atom is 0.410 e. The van der Waals surface area contributed by atoms with E-state index in [1.54, 1.807) is 11.8 Å². The molecule has 0 spiro atoms. The van der Waals surface area contributed by atoms with Crippen LogP contribution in [-0.4, -0.2) is 40.4 Å². The van der Waals surface area contributed by atoms with Crippen molar-refractivity contribution in [3.63, 3.8) is 0 Å². The largest absolute Gasteiger partial charge is 0.444 e. The van der Waals surface area contributed by atoms with E-state index in [-0.39, 0.29) is 12.1 Å². The molecule has 0 radical (unpaired) electrons. The second-order valence-electron chi connectivity index (χ2n) is 5.21. The van der Waals surface area contributed by atoms with Crippen LogP contribution in [-0.2, 0) is 4.74 Å². The van der Waals surface area contributed by atoms with Crippen molar-refractivity contribution >= 4 is 6.09 Å². The molecule has 0 unspecified atom stereocenters. The number of aliphatic hydroxyl groups is 1. The molecular weight excluding hydrogens is 194 g/mol. The monoisotopic (exact) mass is 215 g/mol. The average Bonchev–Trinajstić information content (AvgIpc) is 2.78. The Balaban J connectivity index is 2.51. The van der Waals surface area contributed by atoms with Gasteiger partial charge in [-0.1, -0.05) is 0 Å². The third-order valence-electron chi connectivity index (χ3n) is 2.08. The molecule has 1 aliphatic rings. The summed E-state index contributed by atoms with van der Waals surface area (Å²) < 4.78 is 5.28. The van der Waals surface area contributed by atoms with E-state index in [4.69, 9.17) is 4.74 Å². The van der Waals surface area contributed by atoms with E-state index in [0.29, 0.717) is 6.54 Å². The Hall–Kier alpha value is -0.770. The van der Waals surface area contributed by atoms with Crippen LogP contribution >= 0.6 is 0 Å². The van der Waals surface area contributed by atoms with Crippen LogP contribution in [0.4, 0.5) is 4.79 Å². The smallest absolute Gasteiger partial charge is 0.410 e. The van der Waals surface area contributed by atoms with Gasteiger partial charge in [0.15, 0.2) is 0 Å². The second-order valence-corrected chi connectivity index (χ2v) is 5.21. The van der Waals surface area contributed by atoms with Gasteiger partial charge in [0.25, 0.3) is 0 Å². The fraction of sp³-hybridized carbons (Fsp3) is 0.909. The molecule has 4 heteroatoms. The van der Waals surface area contributed by atoms with Gasteiger partial charge in [-0.15, -0.1) is 0 Å². The van der Waals surface area contributed by atoms with Crippen molar-refractivity contribution in [1.29, 1.82) is 0 Å². The Morgan fingerprint density at radius 2 is 2.07 bits per heavy atom. The molecule has 0 aliphatic heterocycles. The minimum Gasteiger partial charge on any atom is -0.444 e. The maximum absolute atomic E-state index is 11.8. The highest BCUT2D eigenvalue weighted by atomic mass is 16.6. The second kappa shape index (κ2) is 4.39. The van der Waals surface area contributed by atoms with Gasteiger partial charge in [0.1, 0.15) is 5.60 Å². The van der Waals surface area contributed by atoms with Crippen molar-refractivity contribution in [2.75, 3.05) is 6.54 Å². The Morgan fingerprint density at radius 3 is 2.40 bits per heavy atom. The van der Waals surface area contributed by atoms with Crippen LogP contribution in [0.25, 0.3) is 0 Å². The summed E-state index contributed by atoms with van der Waals surface area (Å²) in [4.78, 5) is 13.4. The molecule has 4 nitrogen and oxygen atoms in total. The lowest BCUT2D eigenvalue weighted by molar-refractivity contribution is 0.0142. The van der Waals surface area contributed by atoms with Crippen LogP contribution in [0, 0.1) is 0 Å². The SMILES string of the molecule is C[C@@H](O)CN(C(=O)OC(C)(C)C)C1CC1. The van der Waals surface area contributed by atoms with E-state index in [1.165, 1.54) is 0 Å². The quantitative estimate of drug-likeness (QED) is 0.780. The van der Waals surface area contributed by atoms with Crippen LogP contribution < -0.4 is 0 Å². The number of hydrogen-bond acceptors (Lipinski definition) is 3. The van der Waals surface area contributed by atoms with Crippen molar-refractivity contribution in [2.24, 2.45) is 0 Å². The van der Waals surface area contributed by atoms with E-state index < -0.39 is 11.7 Å². The summed E-state index contributed by atoms with van der Waals surface area (Å²) in [5, 5.41) is 9.30. The number of nitrogens with zero attached hydrogens (tertiary/aromatic N) is 1. The molecule has 1 saturated carbocycles. The molecule has 15 heavy (non-hydrogen) atoms. The predicted molar refractivity (Wildman–Crippen MR) is 57.6 cm³/mol. The third kappa shape index (κ3) is 4.51. The summed E-state index contributed by atoms with van der Waals surface area (Å²) in [6.07, 6.45) is 1.22. The number of amides is 1. The lowest BCUT2D eigenvalue weighted by atomic mass is 10.2. The van der Waals surface area contributed by atoms with E-state index in [2.05, 4.69) is 0 Å². The molecule has 1 N–H and O–H groups in total. The summed E-state index contributed by atoms with van der Waals surface area (Å²) in [6, 6.07) is 0.273. The number of ether oxygens (including phenoxy) is 1. The first-order valence-corrected chi connectivity index (χ1v) is 5.47. The standard InChI is InChI=1S/C11H21NO3/c1-8(13)7-12(9-5-6-9)10(14)15-11(2,3)4/h8-9,13H,5-7H2,1-4H3/t8-/m1/s1. The topological polar surface area (TPSA) is 49.8 Å². The predicted octanol–water partition coefficient (Wildman–Crippen LogP) is 1.77. The fourth-order valence-electron chi connectivity index (χ4n) is 1.36. The van der Waals surface area contributed by atoms with Crippen LogP contribution in [0.1, 0.15) is 40.5 Å². The van der Waals surface area contributed by atoms with Gasteiger partial charge in [-0.2, -0.15) is 0 Å². The zero-order valence-electron chi connectivity index (χ0n) is 9.99. The molecule has 1 aliphatic carbocycles. The number of rotatable bonds is 3. The van der Waals surface area contributed by atoms with Crippen molar-refractivity contribution in [1.82, 2.24) is 4.90 Å². The van der Waals surface area contributed by atoms with Gasteiger partial charge in [0.2, 0.25) is 0 Å². The van der Waals surface area contributed by atoms with Gasteiger partial charge in [0, 0.05) is 12.6 Å². The molecular formula is C11H21NO3. The Bertz CT molecular complexity index is 228. The molecule has 1 amide bonds. The van der Waals surface area contributed by atoms with Crippen LogP contribution in [0.5, 0.6) is 0 Å². The summed E-state index contributed by atoms with van der Waals surface area (Å²) in [6.45, 7) is 7.58. The van der Waals surface area contributed by atoms with E-state index in [1.807, 2.05) is 20.8 Å². The number of carbonyl (C=O) groups excluding carboxylic acids is 1. The highest BCUT2D eigenvalue weighted by Gasteiger charge is 2.35. The lowest BCUT2D eigenvalue weighted by Crippen LogP contribution is -2.41. The summed E-state index contributed by atoms with van der Waals surface area (Å²) in [5.74, 6) is 0. The summed E-state index contributed by atoms with van der Waals surface area (Å²) >= 11 is 0. The Kier molecular flexibility index (Phi) is 3.60. The molecule has 0 saturated heterocycles. The lowest BCUT2D eigenvalue weighted by Gasteiger charge is -2.28. The Morgan fingerprint density at radius 1 is 1.53 bits per heavy atom. The molecule has 1 fully saturated rings. The first kappa shape index (κ1) is 12.3. The number of carbonyl (C=O) groups is 1. The first-order chi connectivity index (χ1) is 6.79. The first-order valence-electron chi connectivity index (χ1n) is 5.47. The fourth-order valence-corrected chi connectivity index (χ4v) is 1.36. The molecule has 0 aromatic heterocycles. The highest BCUT2D eigenvalue weighted by Crippen LogP contribution is 2.28. The Labute approximate surface area is 91.2 Å². The number of hydrogen-bond donors (Lipinski definition) is 1. The summed E-state index contributed by atoms with van der Waals surface area (Å²) in [5.41, 5.74) is -0.469. The van der Waals surface area contributed by atoms with Crippen molar-refractivity contribution in [3.05, 3.63) is 0 Å². The van der Waals surface area contributed by atoms with Crippen LogP contribution in [0.15, 0.2) is 0 Å². The zero-order valence-corrected chi connectivity index (χ0v) is 9.99. The molecule has 0 aromatic carbocycles. The zero-order chi connectivity index (χ0) is 11.6.